The van der Waals surface area contributed by atoms with E-state index in [1.165, 1.54) is 10.6 Å². The van der Waals surface area contributed by atoms with Crippen LogP contribution in [-0.4, -0.2) is 40.5 Å². The minimum Gasteiger partial charge on any atom is -0.450 e. The van der Waals surface area contributed by atoms with E-state index >= 15 is 0 Å². The molecule has 0 fully saturated rings. The molecular formula is C16H26N2O4S. The van der Waals surface area contributed by atoms with Crippen LogP contribution in [0.3, 0.4) is 0 Å². The van der Waals surface area contributed by atoms with Gasteiger partial charge in [0.1, 0.15) is 0 Å². The minimum absolute atomic E-state index is 0.155. The number of ether oxygens (including phenoxy) is 1. The smallest absolute Gasteiger partial charge is 0.407 e. The van der Waals surface area contributed by atoms with E-state index < -0.39 is 16.1 Å². The molecule has 1 N–H and O–H groups in total. The first-order valence-electron chi connectivity index (χ1n) is 7.66. The number of hydrogen-bond donors (Lipinski definition) is 1. The number of carbonyl (C=O) groups excluding carboxylic acids is 1. The summed E-state index contributed by atoms with van der Waals surface area (Å²) in [6.45, 7) is 8.25. The van der Waals surface area contributed by atoms with Gasteiger partial charge < -0.3 is 10.1 Å². The number of aryl methyl sites for hydroxylation is 1. The molecule has 0 aromatic heterocycles. The summed E-state index contributed by atoms with van der Waals surface area (Å²) in [6.07, 6.45) is 0.628. The van der Waals surface area contributed by atoms with E-state index in [0.717, 1.165) is 11.1 Å². The van der Waals surface area contributed by atoms with Crippen molar-refractivity contribution in [3.8, 4) is 0 Å². The Labute approximate surface area is 138 Å². The van der Waals surface area contributed by atoms with Gasteiger partial charge in [-0.2, -0.15) is 0 Å². The molecule has 0 aliphatic heterocycles. The molecule has 7 heteroatoms. The van der Waals surface area contributed by atoms with Gasteiger partial charge in [-0.1, -0.05) is 32.0 Å². The van der Waals surface area contributed by atoms with Crippen LogP contribution in [0.4, 0.5) is 10.5 Å². The van der Waals surface area contributed by atoms with Gasteiger partial charge in [-0.3, -0.25) is 4.31 Å². The summed E-state index contributed by atoms with van der Waals surface area (Å²) < 4.78 is 30.6. The van der Waals surface area contributed by atoms with Gasteiger partial charge in [0.05, 0.1) is 25.1 Å². The SMILES string of the molecule is CCOC(=O)NCCN(c1c(C)cccc1C(C)C)S(C)(=O)=O. The lowest BCUT2D eigenvalue weighted by Crippen LogP contribution is -2.39. The van der Waals surface area contributed by atoms with Crippen molar-refractivity contribution in [3.63, 3.8) is 0 Å². The Morgan fingerprint density at radius 2 is 2.00 bits per heavy atom. The fourth-order valence-corrected chi connectivity index (χ4v) is 3.38. The van der Waals surface area contributed by atoms with Gasteiger partial charge in [-0.25, -0.2) is 13.2 Å². The van der Waals surface area contributed by atoms with Gasteiger partial charge in [0.2, 0.25) is 10.0 Å². The molecule has 0 bridgehead atoms. The Morgan fingerprint density at radius 1 is 1.35 bits per heavy atom. The summed E-state index contributed by atoms with van der Waals surface area (Å²) in [6, 6.07) is 5.74. The third kappa shape index (κ3) is 5.42. The first-order chi connectivity index (χ1) is 10.7. The number of carbonyl (C=O) groups is 1. The molecule has 0 heterocycles. The molecule has 6 nitrogen and oxygen atoms in total. The number of rotatable bonds is 7. The molecule has 23 heavy (non-hydrogen) atoms. The number of amides is 1. The maximum atomic E-state index is 12.2. The van der Waals surface area contributed by atoms with Crippen LogP contribution >= 0.6 is 0 Å². The van der Waals surface area contributed by atoms with Crippen molar-refractivity contribution >= 4 is 21.8 Å². The molecule has 1 aromatic carbocycles. The van der Waals surface area contributed by atoms with Gasteiger partial charge >= 0.3 is 6.09 Å². The highest BCUT2D eigenvalue weighted by atomic mass is 32.2. The second-order valence-electron chi connectivity index (χ2n) is 5.65. The molecule has 0 unspecified atom stereocenters. The Bertz CT molecular complexity index is 641. The van der Waals surface area contributed by atoms with Gasteiger partial charge in [0.15, 0.2) is 0 Å². The number of anilines is 1. The van der Waals surface area contributed by atoms with Gasteiger partial charge in [-0.05, 0) is 30.9 Å². The minimum atomic E-state index is -3.47. The van der Waals surface area contributed by atoms with Gasteiger partial charge in [-0.15, -0.1) is 0 Å². The fraction of sp³-hybridized carbons (Fsp3) is 0.562. The Hall–Kier alpha value is -1.76. The maximum absolute atomic E-state index is 12.2. The van der Waals surface area contributed by atoms with Crippen molar-refractivity contribution in [2.24, 2.45) is 0 Å². The topological polar surface area (TPSA) is 75.7 Å². The normalized spacial score (nSPS) is 11.4. The van der Waals surface area contributed by atoms with E-state index in [1.54, 1.807) is 6.92 Å². The summed E-state index contributed by atoms with van der Waals surface area (Å²) in [7, 11) is -3.47. The van der Waals surface area contributed by atoms with E-state index in [0.29, 0.717) is 5.69 Å². The zero-order chi connectivity index (χ0) is 17.6. The lowest BCUT2D eigenvalue weighted by Gasteiger charge is -2.28. The van der Waals surface area contributed by atoms with Crippen LogP contribution in [0.2, 0.25) is 0 Å². The number of sulfonamides is 1. The molecule has 0 saturated carbocycles. The predicted octanol–water partition coefficient (Wildman–Crippen LogP) is 2.63. The van der Waals surface area contributed by atoms with E-state index in [2.05, 4.69) is 5.32 Å². The van der Waals surface area contributed by atoms with Crippen LogP contribution < -0.4 is 9.62 Å². The van der Waals surface area contributed by atoms with E-state index in [4.69, 9.17) is 4.74 Å². The van der Waals surface area contributed by atoms with Crippen molar-refractivity contribution in [3.05, 3.63) is 29.3 Å². The molecule has 0 radical (unpaired) electrons. The van der Waals surface area contributed by atoms with Crippen LogP contribution in [0.15, 0.2) is 18.2 Å². The molecule has 1 aromatic rings. The summed E-state index contributed by atoms with van der Waals surface area (Å²) in [5.74, 6) is 0.187. The van der Waals surface area contributed by atoms with Crippen LogP contribution in [0.25, 0.3) is 0 Å². The van der Waals surface area contributed by atoms with E-state index in [-0.39, 0.29) is 25.6 Å². The highest BCUT2D eigenvalue weighted by Gasteiger charge is 2.23. The van der Waals surface area contributed by atoms with Crippen molar-refractivity contribution in [2.45, 2.75) is 33.6 Å². The standard InChI is InChI=1S/C16H26N2O4S/c1-6-22-16(19)17-10-11-18(23(5,20)21)15-13(4)8-7-9-14(15)12(2)3/h7-9,12H,6,10-11H2,1-5H3,(H,17,19). The molecular weight excluding hydrogens is 316 g/mol. The van der Waals surface area contributed by atoms with Crippen LogP contribution in [-0.2, 0) is 14.8 Å². The third-order valence-corrected chi connectivity index (χ3v) is 4.57. The summed E-state index contributed by atoms with van der Waals surface area (Å²) in [5.41, 5.74) is 2.54. The molecule has 0 atom stereocenters. The average molecular weight is 342 g/mol. The monoisotopic (exact) mass is 342 g/mol. The molecule has 1 amide bonds. The largest absolute Gasteiger partial charge is 0.450 e. The van der Waals surface area contributed by atoms with Crippen molar-refractivity contribution < 1.29 is 17.9 Å². The second-order valence-corrected chi connectivity index (χ2v) is 7.56. The first kappa shape index (κ1) is 19.3. The van der Waals surface area contributed by atoms with Crippen molar-refractivity contribution in [1.82, 2.24) is 5.32 Å². The second kappa shape index (κ2) is 8.19. The molecule has 1 rings (SSSR count). The van der Waals surface area contributed by atoms with Gasteiger partial charge in [0.25, 0.3) is 0 Å². The molecule has 130 valence electrons. The van der Waals surface area contributed by atoms with Gasteiger partial charge in [0, 0.05) is 6.54 Å². The lowest BCUT2D eigenvalue weighted by atomic mass is 9.98. The Kier molecular flexibility index (Phi) is 6.87. The number of nitrogens with one attached hydrogen (secondary N) is 1. The van der Waals surface area contributed by atoms with E-state index in [9.17, 15) is 13.2 Å². The van der Waals surface area contributed by atoms with Crippen LogP contribution in [0.1, 0.15) is 37.8 Å². The number of alkyl carbamates (subject to hydrolysis) is 1. The van der Waals surface area contributed by atoms with Crippen LogP contribution in [0, 0.1) is 6.92 Å². The highest BCUT2D eigenvalue weighted by Crippen LogP contribution is 2.32. The quantitative estimate of drug-likeness (QED) is 0.826. The number of nitrogens with zero attached hydrogens (tertiary/aromatic N) is 1. The maximum Gasteiger partial charge on any atom is 0.407 e. The van der Waals surface area contributed by atoms with Crippen molar-refractivity contribution in [1.29, 1.82) is 0 Å². The zero-order valence-corrected chi connectivity index (χ0v) is 15.2. The highest BCUT2D eigenvalue weighted by molar-refractivity contribution is 7.92. The number of benzene rings is 1. The summed E-state index contributed by atoms with van der Waals surface area (Å²) in [5, 5.41) is 2.56. The Morgan fingerprint density at radius 3 is 2.52 bits per heavy atom. The van der Waals surface area contributed by atoms with Crippen molar-refractivity contribution in [2.75, 3.05) is 30.3 Å². The molecule has 0 aliphatic rings. The predicted molar refractivity (Wildman–Crippen MR) is 92.5 cm³/mol. The number of para-hydroxylation sites is 1. The molecule has 0 aliphatic carbocycles. The van der Waals surface area contributed by atoms with Crippen LogP contribution in [0.5, 0.6) is 0 Å². The summed E-state index contributed by atoms with van der Waals surface area (Å²) in [4.78, 5) is 11.4. The zero-order valence-electron chi connectivity index (χ0n) is 14.4. The molecule has 0 spiro atoms. The Balaban J connectivity index is 3.08. The molecule has 0 saturated heterocycles. The third-order valence-electron chi connectivity index (χ3n) is 3.40. The number of hydrogen-bond acceptors (Lipinski definition) is 4. The first-order valence-corrected chi connectivity index (χ1v) is 9.51. The summed E-state index contributed by atoms with van der Waals surface area (Å²) >= 11 is 0. The lowest BCUT2D eigenvalue weighted by molar-refractivity contribution is 0.152. The fourth-order valence-electron chi connectivity index (χ4n) is 2.37. The van der Waals surface area contributed by atoms with E-state index in [1.807, 2.05) is 39.0 Å². The average Bonchev–Trinajstić information content (AvgIpc) is 2.43.